The Morgan fingerprint density at radius 1 is 1.29 bits per heavy atom. The standard InChI is InChI=1S/C19H28N4O3S2/c1-6-7-11-23-15(3)14(2)20-19(23)27-13-18(24)21-16-9-8-10-17(12-16)28(25,26)22(4)5/h8-10,12H,6-7,11,13H2,1-5H3,(H,21,24). The summed E-state index contributed by atoms with van der Waals surface area (Å²) in [6.07, 6.45) is 2.15. The molecule has 2 aromatic rings. The van der Waals surface area contributed by atoms with E-state index in [9.17, 15) is 13.2 Å². The van der Waals surface area contributed by atoms with Gasteiger partial charge in [-0.25, -0.2) is 17.7 Å². The van der Waals surface area contributed by atoms with E-state index >= 15 is 0 Å². The number of amides is 1. The molecule has 0 unspecified atom stereocenters. The fourth-order valence-electron chi connectivity index (χ4n) is 2.59. The van der Waals surface area contributed by atoms with Gasteiger partial charge in [-0.15, -0.1) is 0 Å². The van der Waals surface area contributed by atoms with Crippen molar-refractivity contribution < 1.29 is 13.2 Å². The highest BCUT2D eigenvalue weighted by Gasteiger charge is 2.18. The monoisotopic (exact) mass is 424 g/mol. The lowest BCUT2D eigenvalue weighted by Crippen LogP contribution is -2.22. The van der Waals surface area contributed by atoms with Crippen LogP contribution in [0.5, 0.6) is 0 Å². The van der Waals surface area contributed by atoms with E-state index in [1.165, 1.54) is 38.0 Å². The molecule has 0 aliphatic heterocycles. The Balaban J connectivity index is 2.05. The van der Waals surface area contributed by atoms with Crippen molar-refractivity contribution in [3.63, 3.8) is 0 Å². The van der Waals surface area contributed by atoms with Gasteiger partial charge < -0.3 is 9.88 Å². The van der Waals surface area contributed by atoms with Gasteiger partial charge in [-0.3, -0.25) is 4.79 Å². The van der Waals surface area contributed by atoms with Crippen LogP contribution in [0.3, 0.4) is 0 Å². The summed E-state index contributed by atoms with van der Waals surface area (Å²) in [4.78, 5) is 17.1. The Kier molecular flexibility index (Phi) is 7.68. The van der Waals surface area contributed by atoms with Crippen LogP contribution in [0.1, 0.15) is 31.2 Å². The van der Waals surface area contributed by atoms with Gasteiger partial charge in [0.05, 0.1) is 16.3 Å². The molecule has 1 heterocycles. The largest absolute Gasteiger partial charge is 0.325 e. The zero-order valence-corrected chi connectivity index (χ0v) is 18.7. The number of imidazole rings is 1. The lowest BCUT2D eigenvalue weighted by molar-refractivity contribution is -0.113. The van der Waals surface area contributed by atoms with E-state index in [1.54, 1.807) is 12.1 Å². The Hall–Kier alpha value is -1.84. The number of hydrogen-bond donors (Lipinski definition) is 1. The Morgan fingerprint density at radius 2 is 2.00 bits per heavy atom. The third kappa shape index (κ3) is 5.36. The molecular weight excluding hydrogens is 396 g/mol. The summed E-state index contributed by atoms with van der Waals surface area (Å²) in [6, 6.07) is 6.27. The van der Waals surface area contributed by atoms with Crippen molar-refractivity contribution in [2.75, 3.05) is 25.2 Å². The Bertz CT molecular complexity index is 937. The number of sulfonamides is 1. The summed E-state index contributed by atoms with van der Waals surface area (Å²) >= 11 is 1.39. The van der Waals surface area contributed by atoms with Gasteiger partial charge in [0.15, 0.2) is 5.16 Å². The van der Waals surface area contributed by atoms with Crippen molar-refractivity contribution in [3.05, 3.63) is 35.7 Å². The number of nitrogens with zero attached hydrogens (tertiary/aromatic N) is 3. The molecular formula is C19H28N4O3S2. The molecule has 0 saturated carbocycles. The van der Waals surface area contributed by atoms with Crippen LogP contribution >= 0.6 is 11.8 Å². The number of benzene rings is 1. The van der Waals surface area contributed by atoms with Crippen LogP contribution in [0.2, 0.25) is 0 Å². The maximum atomic E-state index is 12.4. The zero-order valence-electron chi connectivity index (χ0n) is 17.0. The van der Waals surface area contributed by atoms with Gasteiger partial charge in [0.2, 0.25) is 15.9 Å². The topological polar surface area (TPSA) is 84.3 Å². The number of aryl methyl sites for hydroxylation is 1. The zero-order chi connectivity index (χ0) is 20.9. The quantitative estimate of drug-likeness (QED) is 0.625. The van der Waals surface area contributed by atoms with E-state index in [0.717, 1.165) is 40.2 Å². The van der Waals surface area contributed by atoms with Crippen molar-refractivity contribution in [1.82, 2.24) is 13.9 Å². The molecule has 0 radical (unpaired) electrons. The van der Waals surface area contributed by atoms with Crippen molar-refractivity contribution in [1.29, 1.82) is 0 Å². The third-order valence-corrected chi connectivity index (χ3v) is 7.17. The van der Waals surface area contributed by atoms with Crippen LogP contribution in [-0.4, -0.2) is 48.0 Å². The lowest BCUT2D eigenvalue weighted by Gasteiger charge is -2.13. The van der Waals surface area contributed by atoms with Crippen molar-refractivity contribution in [3.8, 4) is 0 Å². The molecule has 0 fully saturated rings. The average Bonchev–Trinajstić information content (AvgIpc) is 2.92. The SMILES string of the molecule is CCCCn1c(SCC(=O)Nc2cccc(S(=O)(=O)N(C)C)c2)nc(C)c1C. The predicted molar refractivity (Wildman–Crippen MR) is 113 cm³/mol. The molecule has 0 atom stereocenters. The fraction of sp³-hybridized carbons (Fsp3) is 0.474. The second-order valence-corrected chi connectivity index (χ2v) is 9.82. The second kappa shape index (κ2) is 9.58. The highest BCUT2D eigenvalue weighted by atomic mass is 32.2. The summed E-state index contributed by atoms with van der Waals surface area (Å²) in [5.41, 5.74) is 2.55. The Labute approximate surface area is 171 Å². The van der Waals surface area contributed by atoms with Crippen LogP contribution in [0.25, 0.3) is 0 Å². The summed E-state index contributed by atoms with van der Waals surface area (Å²) < 4.78 is 27.8. The number of hydrogen-bond acceptors (Lipinski definition) is 5. The first-order chi connectivity index (χ1) is 13.2. The summed E-state index contributed by atoms with van der Waals surface area (Å²) in [5.74, 6) is -0.00287. The molecule has 1 aromatic carbocycles. The van der Waals surface area contributed by atoms with E-state index in [0.29, 0.717) is 5.69 Å². The van der Waals surface area contributed by atoms with Gasteiger partial charge in [0.25, 0.3) is 0 Å². The van der Waals surface area contributed by atoms with Gasteiger partial charge in [0, 0.05) is 32.0 Å². The smallest absolute Gasteiger partial charge is 0.242 e. The molecule has 154 valence electrons. The Morgan fingerprint density at radius 3 is 2.64 bits per heavy atom. The highest BCUT2D eigenvalue weighted by Crippen LogP contribution is 2.23. The van der Waals surface area contributed by atoms with Crippen LogP contribution in [-0.2, 0) is 21.4 Å². The number of unbranched alkanes of at least 4 members (excludes halogenated alkanes) is 1. The van der Waals surface area contributed by atoms with Gasteiger partial charge >= 0.3 is 0 Å². The molecule has 0 saturated heterocycles. The van der Waals surface area contributed by atoms with Crippen molar-refractivity contribution in [2.24, 2.45) is 0 Å². The van der Waals surface area contributed by atoms with Crippen LogP contribution in [0.15, 0.2) is 34.3 Å². The summed E-state index contributed by atoms with van der Waals surface area (Å²) in [5, 5.41) is 3.60. The molecule has 1 aromatic heterocycles. The third-order valence-electron chi connectivity index (χ3n) is 4.39. The van der Waals surface area contributed by atoms with Crippen LogP contribution in [0.4, 0.5) is 5.69 Å². The highest BCUT2D eigenvalue weighted by molar-refractivity contribution is 7.99. The normalized spacial score (nSPS) is 11.8. The molecule has 2 rings (SSSR count). The van der Waals surface area contributed by atoms with E-state index < -0.39 is 10.0 Å². The molecule has 0 bridgehead atoms. The molecule has 0 aliphatic carbocycles. The number of rotatable bonds is 9. The van der Waals surface area contributed by atoms with Gasteiger partial charge in [-0.2, -0.15) is 0 Å². The molecule has 9 heteroatoms. The lowest BCUT2D eigenvalue weighted by atomic mass is 10.3. The van der Waals surface area contributed by atoms with E-state index in [2.05, 4.69) is 21.8 Å². The first-order valence-corrected chi connectivity index (χ1v) is 11.6. The van der Waals surface area contributed by atoms with Crippen molar-refractivity contribution in [2.45, 2.75) is 50.2 Å². The number of carbonyl (C=O) groups excluding carboxylic acids is 1. The molecule has 28 heavy (non-hydrogen) atoms. The first-order valence-electron chi connectivity index (χ1n) is 9.15. The molecule has 0 spiro atoms. The predicted octanol–water partition coefficient (Wildman–Crippen LogP) is 3.28. The van der Waals surface area contributed by atoms with Crippen molar-refractivity contribution >= 4 is 33.4 Å². The minimum absolute atomic E-state index is 0.143. The maximum Gasteiger partial charge on any atom is 0.242 e. The van der Waals surface area contributed by atoms with E-state index in [1.807, 2.05) is 13.8 Å². The van der Waals surface area contributed by atoms with Gasteiger partial charge in [0.1, 0.15) is 0 Å². The second-order valence-electron chi connectivity index (χ2n) is 6.72. The van der Waals surface area contributed by atoms with Gasteiger partial charge in [-0.1, -0.05) is 31.2 Å². The summed E-state index contributed by atoms with van der Waals surface area (Å²) in [6.45, 7) is 7.04. The molecule has 7 nitrogen and oxygen atoms in total. The van der Waals surface area contributed by atoms with E-state index in [-0.39, 0.29) is 16.6 Å². The minimum atomic E-state index is -3.54. The minimum Gasteiger partial charge on any atom is -0.325 e. The molecule has 0 aliphatic rings. The number of anilines is 1. The van der Waals surface area contributed by atoms with Gasteiger partial charge in [-0.05, 0) is 38.5 Å². The van der Waals surface area contributed by atoms with E-state index in [4.69, 9.17) is 0 Å². The molecule has 1 N–H and O–H groups in total. The number of carbonyl (C=O) groups is 1. The van der Waals surface area contributed by atoms with Crippen LogP contribution in [0, 0.1) is 13.8 Å². The molecule has 1 amide bonds. The number of aromatic nitrogens is 2. The number of thioether (sulfide) groups is 1. The van der Waals surface area contributed by atoms with Crippen LogP contribution < -0.4 is 5.32 Å². The average molecular weight is 425 g/mol. The maximum absolute atomic E-state index is 12.4. The number of nitrogens with one attached hydrogen (secondary N) is 1. The first kappa shape index (κ1) is 22.4. The fourth-order valence-corrected chi connectivity index (χ4v) is 4.45. The summed E-state index contributed by atoms with van der Waals surface area (Å²) in [7, 11) is -0.595.